The Morgan fingerprint density at radius 1 is 1.26 bits per heavy atom. The number of anilines is 1. The fourth-order valence-corrected chi connectivity index (χ4v) is 2.67. The van der Waals surface area contributed by atoms with Crippen molar-refractivity contribution >= 4 is 22.7 Å². The highest BCUT2D eigenvalue weighted by atomic mass is 16.5. The number of ether oxygens (including phenoxy) is 1. The average molecular weight is 369 g/mol. The highest BCUT2D eigenvalue weighted by Crippen LogP contribution is 2.24. The molecule has 0 bridgehead atoms. The zero-order valence-electron chi connectivity index (χ0n) is 16.1. The standard InChI is InChI=1S/C20H23N3O4/c1-12-8-19(25)27-15-9-13(6-7-14(12)15)26-11-18(24)21-17-10-16(20(2,3)4)22-23(17)5/h6-10H,11H2,1-5H3,(H,21,24). The minimum absolute atomic E-state index is 0.107. The molecule has 142 valence electrons. The molecule has 7 heteroatoms. The predicted molar refractivity (Wildman–Crippen MR) is 103 cm³/mol. The molecule has 2 heterocycles. The van der Waals surface area contributed by atoms with Crippen LogP contribution in [0.4, 0.5) is 5.82 Å². The van der Waals surface area contributed by atoms with Gasteiger partial charge in [-0.2, -0.15) is 5.10 Å². The van der Waals surface area contributed by atoms with Crippen LogP contribution in [0.15, 0.2) is 39.5 Å². The van der Waals surface area contributed by atoms with Gasteiger partial charge in [0.2, 0.25) is 0 Å². The molecule has 3 rings (SSSR count). The molecule has 1 aromatic carbocycles. The Morgan fingerprint density at radius 3 is 2.67 bits per heavy atom. The van der Waals surface area contributed by atoms with Gasteiger partial charge in [0.15, 0.2) is 6.61 Å². The van der Waals surface area contributed by atoms with Crippen LogP contribution in [0.5, 0.6) is 5.75 Å². The van der Waals surface area contributed by atoms with E-state index in [1.54, 1.807) is 29.9 Å². The molecular formula is C20H23N3O4. The first-order valence-electron chi connectivity index (χ1n) is 8.65. The lowest BCUT2D eigenvalue weighted by Gasteiger charge is -2.13. The summed E-state index contributed by atoms with van der Waals surface area (Å²) >= 11 is 0. The van der Waals surface area contributed by atoms with Crippen molar-refractivity contribution in [1.82, 2.24) is 9.78 Å². The van der Waals surface area contributed by atoms with Gasteiger partial charge in [-0.15, -0.1) is 0 Å². The van der Waals surface area contributed by atoms with Gasteiger partial charge in [-0.1, -0.05) is 20.8 Å². The number of amides is 1. The van der Waals surface area contributed by atoms with Gasteiger partial charge >= 0.3 is 5.63 Å². The Balaban J connectivity index is 1.68. The molecule has 1 amide bonds. The second-order valence-electron chi connectivity index (χ2n) is 7.53. The van der Waals surface area contributed by atoms with E-state index in [4.69, 9.17) is 9.15 Å². The molecule has 0 radical (unpaired) electrons. The van der Waals surface area contributed by atoms with Gasteiger partial charge in [0.05, 0.1) is 5.69 Å². The van der Waals surface area contributed by atoms with Crippen molar-refractivity contribution in [3.63, 3.8) is 0 Å². The first-order valence-corrected chi connectivity index (χ1v) is 8.65. The van der Waals surface area contributed by atoms with Crippen molar-refractivity contribution in [1.29, 1.82) is 0 Å². The van der Waals surface area contributed by atoms with E-state index in [0.29, 0.717) is 17.2 Å². The molecule has 0 aliphatic rings. The molecule has 0 saturated heterocycles. The third-order valence-corrected chi connectivity index (χ3v) is 4.21. The van der Waals surface area contributed by atoms with Crippen LogP contribution in [0.2, 0.25) is 0 Å². The van der Waals surface area contributed by atoms with Crippen LogP contribution in [-0.4, -0.2) is 22.3 Å². The summed E-state index contributed by atoms with van der Waals surface area (Å²) in [5.74, 6) is 0.754. The van der Waals surface area contributed by atoms with E-state index < -0.39 is 5.63 Å². The van der Waals surface area contributed by atoms with Crippen molar-refractivity contribution in [2.75, 3.05) is 11.9 Å². The van der Waals surface area contributed by atoms with Crippen molar-refractivity contribution in [2.24, 2.45) is 7.05 Å². The molecule has 0 fully saturated rings. The van der Waals surface area contributed by atoms with Crippen LogP contribution in [0.3, 0.4) is 0 Å². The number of benzene rings is 1. The Hall–Kier alpha value is -3.09. The Morgan fingerprint density at radius 2 is 2.00 bits per heavy atom. The van der Waals surface area contributed by atoms with Gasteiger partial charge in [-0.3, -0.25) is 9.48 Å². The molecule has 0 spiro atoms. The number of aromatic nitrogens is 2. The van der Waals surface area contributed by atoms with Gasteiger partial charge in [0.1, 0.15) is 17.2 Å². The highest BCUT2D eigenvalue weighted by molar-refractivity contribution is 5.91. The number of carbonyl (C=O) groups is 1. The summed E-state index contributed by atoms with van der Waals surface area (Å²) in [7, 11) is 1.78. The van der Waals surface area contributed by atoms with E-state index in [1.165, 1.54) is 6.07 Å². The first-order chi connectivity index (χ1) is 12.6. The molecule has 0 aliphatic carbocycles. The molecule has 1 N–H and O–H groups in total. The zero-order chi connectivity index (χ0) is 19.8. The van der Waals surface area contributed by atoms with E-state index in [9.17, 15) is 9.59 Å². The molecule has 0 aliphatic heterocycles. The normalized spacial score (nSPS) is 11.6. The number of carbonyl (C=O) groups excluding carboxylic acids is 1. The topological polar surface area (TPSA) is 86.4 Å². The van der Waals surface area contributed by atoms with Crippen LogP contribution in [0.25, 0.3) is 11.0 Å². The summed E-state index contributed by atoms with van der Waals surface area (Å²) in [6, 6.07) is 8.45. The van der Waals surface area contributed by atoms with E-state index in [2.05, 4.69) is 31.2 Å². The van der Waals surface area contributed by atoms with E-state index in [0.717, 1.165) is 16.6 Å². The summed E-state index contributed by atoms with van der Waals surface area (Å²) < 4.78 is 12.4. The monoisotopic (exact) mass is 369 g/mol. The molecule has 3 aromatic rings. The van der Waals surface area contributed by atoms with Gasteiger partial charge in [0.25, 0.3) is 5.91 Å². The third-order valence-electron chi connectivity index (χ3n) is 4.21. The Labute approximate surface area is 156 Å². The average Bonchev–Trinajstić information content (AvgIpc) is 2.93. The lowest BCUT2D eigenvalue weighted by atomic mass is 9.92. The molecule has 27 heavy (non-hydrogen) atoms. The van der Waals surface area contributed by atoms with Crippen molar-refractivity contribution in [2.45, 2.75) is 33.1 Å². The summed E-state index contributed by atoms with van der Waals surface area (Å²) in [4.78, 5) is 23.7. The highest BCUT2D eigenvalue weighted by Gasteiger charge is 2.19. The maximum Gasteiger partial charge on any atom is 0.336 e. The minimum atomic E-state index is -0.416. The fourth-order valence-electron chi connectivity index (χ4n) is 2.67. The van der Waals surface area contributed by atoms with Gasteiger partial charge in [-0.05, 0) is 24.6 Å². The number of aryl methyl sites for hydroxylation is 2. The Kier molecular flexibility index (Phi) is 4.78. The maximum absolute atomic E-state index is 12.2. The second-order valence-corrected chi connectivity index (χ2v) is 7.53. The lowest BCUT2D eigenvalue weighted by Crippen LogP contribution is -2.21. The van der Waals surface area contributed by atoms with Crippen LogP contribution >= 0.6 is 0 Å². The molecular weight excluding hydrogens is 346 g/mol. The number of nitrogens with one attached hydrogen (secondary N) is 1. The summed E-state index contributed by atoms with van der Waals surface area (Å²) in [6.45, 7) is 7.85. The first kappa shape index (κ1) is 18.7. The summed E-state index contributed by atoms with van der Waals surface area (Å²) in [5.41, 5.74) is 1.63. The van der Waals surface area contributed by atoms with E-state index in [-0.39, 0.29) is 17.9 Å². The minimum Gasteiger partial charge on any atom is -0.484 e. The van der Waals surface area contributed by atoms with Crippen LogP contribution in [0, 0.1) is 6.92 Å². The molecule has 0 saturated carbocycles. The number of hydrogen-bond acceptors (Lipinski definition) is 5. The van der Waals surface area contributed by atoms with Crippen molar-refractivity contribution < 1.29 is 13.9 Å². The van der Waals surface area contributed by atoms with Crippen LogP contribution < -0.4 is 15.7 Å². The predicted octanol–water partition coefficient (Wildman–Crippen LogP) is 3.15. The molecule has 7 nitrogen and oxygen atoms in total. The molecule has 2 aromatic heterocycles. The van der Waals surface area contributed by atoms with Gasteiger partial charge in [0, 0.05) is 36.0 Å². The van der Waals surface area contributed by atoms with Crippen LogP contribution in [0.1, 0.15) is 32.0 Å². The number of fused-ring (bicyclic) bond motifs is 1. The largest absolute Gasteiger partial charge is 0.484 e. The van der Waals surface area contributed by atoms with Gasteiger partial charge in [-0.25, -0.2) is 4.79 Å². The summed E-state index contributed by atoms with van der Waals surface area (Å²) in [6.07, 6.45) is 0. The zero-order valence-corrected chi connectivity index (χ0v) is 16.1. The number of rotatable bonds is 4. The van der Waals surface area contributed by atoms with Crippen LogP contribution in [-0.2, 0) is 17.3 Å². The third kappa shape index (κ3) is 4.19. The van der Waals surface area contributed by atoms with Crippen molar-refractivity contribution in [3.8, 4) is 5.75 Å². The Bertz CT molecular complexity index is 1060. The second kappa shape index (κ2) is 6.90. The van der Waals surface area contributed by atoms with E-state index >= 15 is 0 Å². The maximum atomic E-state index is 12.2. The van der Waals surface area contributed by atoms with Crippen molar-refractivity contribution in [3.05, 3.63) is 52.0 Å². The molecule has 0 unspecified atom stereocenters. The fraction of sp³-hybridized carbons (Fsp3) is 0.350. The summed E-state index contributed by atoms with van der Waals surface area (Å²) in [5, 5.41) is 8.04. The molecule has 0 atom stereocenters. The number of nitrogens with zero attached hydrogens (tertiary/aromatic N) is 2. The lowest BCUT2D eigenvalue weighted by molar-refractivity contribution is -0.118. The quantitative estimate of drug-likeness (QED) is 0.714. The number of hydrogen-bond donors (Lipinski definition) is 1. The smallest absolute Gasteiger partial charge is 0.336 e. The van der Waals surface area contributed by atoms with E-state index in [1.807, 2.05) is 13.0 Å². The van der Waals surface area contributed by atoms with Gasteiger partial charge < -0.3 is 14.5 Å². The SMILES string of the molecule is Cc1cc(=O)oc2cc(OCC(=O)Nc3cc(C(C)(C)C)nn3C)ccc12.